The second-order valence-electron chi connectivity index (χ2n) is 3.74. The molecule has 0 radical (unpaired) electrons. The van der Waals surface area contributed by atoms with Crippen molar-refractivity contribution in [3.63, 3.8) is 0 Å². The maximum Gasteiger partial charge on any atom is 0.233 e. The lowest BCUT2D eigenvalue weighted by Crippen LogP contribution is -2.29. The van der Waals surface area contributed by atoms with Gasteiger partial charge in [0.2, 0.25) is 5.91 Å². The van der Waals surface area contributed by atoms with E-state index in [1.165, 1.54) is 4.88 Å². The SMILES string of the molecule is COCCCN1C(=O)CSC1c1ccc(Br)s1. The molecular weight excluding hydrogens is 322 g/mol. The molecule has 1 saturated heterocycles. The second-order valence-corrected chi connectivity index (χ2v) is 7.30. The third-order valence-corrected chi connectivity index (χ3v) is 5.62. The van der Waals surface area contributed by atoms with E-state index < -0.39 is 0 Å². The highest BCUT2D eigenvalue weighted by Gasteiger charge is 2.33. The van der Waals surface area contributed by atoms with Gasteiger partial charge in [0, 0.05) is 25.1 Å². The number of ether oxygens (including phenoxy) is 1. The first kappa shape index (κ1) is 13.4. The molecule has 0 aromatic carbocycles. The molecule has 17 heavy (non-hydrogen) atoms. The monoisotopic (exact) mass is 335 g/mol. The van der Waals surface area contributed by atoms with Gasteiger partial charge in [0.15, 0.2) is 0 Å². The molecule has 6 heteroatoms. The Morgan fingerprint density at radius 2 is 2.41 bits per heavy atom. The summed E-state index contributed by atoms with van der Waals surface area (Å²) in [5, 5.41) is 0.190. The lowest BCUT2D eigenvalue weighted by atomic mass is 10.3. The molecule has 1 amide bonds. The summed E-state index contributed by atoms with van der Waals surface area (Å²) < 4.78 is 6.15. The molecule has 1 aromatic rings. The predicted molar refractivity (Wildman–Crippen MR) is 75.4 cm³/mol. The van der Waals surface area contributed by atoms with Crippen molar-refractivity contribution in [2.75, 3.05) is 26.0 Å². The molecule has 0 bridgehead atoms. The van der Waals surface area contributed by atoms with Gasteiger partial charge in [-0.3, -0.25) is 4.79 Å². The number of halogens is 1. The standard InChI is InChI=1S/C11H14BrNO2S2/c1-15-6-2-5-13-10(14)7-16-11(13)8-3-4-9(12)17-8/h3-4,11H,2,5-7H2,1H3. The van der Waals surface area contributed by atoms with Crippen LogP contribution < -0.4 is 0 Å². The van der Waals surface area contributed by atoms with E-state index in [1.807, 2.05) is 11.0 Å². The summed E-state index contributed by atoms with van der Waals surface area (Å²) in [4.78, 5) is 15.0. The molecule has 0 aliphatic carbocycles. The van der Waals surface area contributed by atoms with Gasteiger partial charge in [-0.1, -0.05) is 0 Å². The minimum Gasteiger partial charge on any atom is -0.385 e. The zero-order valence-corrected chi connectivity index (χ0v) is 12.7. The molecule has 1 aromatic heterocycles. The summed E-state index contributed by atoms with van der Waals surface area (Å²) in [7, 11) is 1.69. The fraction of sp³-hybridized carbons (Fsp3) is 0.545. The average molecular weight is 336 g/mol. The Bertz CT molecular complexity index is 397. The topological polar surface area (TPSA) is 29.5 Å². The van der Waals surface area contributed by atoms with Crippen LogP contribution >= 0.6 is 39.0 Å². The van der Waals surface area contributed by atoms with Crippen LogP contribution in [0, 0.1) is 0 Å². The number of carbonyl (C=O) groups excluding carboxylic acids is 1. The minimum atomic E-state index is 0.190. The summed E-state index contributed by atoms with van der Waals surface area (Å²) in [6.45, 7) is 1.48. The molecule has 0 N–H and O–H groups in total. The first-order valence-electron chi connectivity index (χ1n) is 5.37. The fourth-order valence-corrected chi connectivity index (χ4v) is 4.65. The van der Waals surface area contributed by atoms with E-state index in [0.717, 1.165) is 16.8 Å². The Labute approximate surface area is 118 Å². The van der Waals surface area contributed by atoms with E-state index in [2.05, 4.69) is 22.0 Å². The molecule has 94 valence electrons. The molecule has 0 spiro atoms. The van der Waals surface area contributed by atoms with Crippen LogP contribution in [0.25, 0.3) is 0 Å². The van der Waals surface area contributed by atoms with Gasteiger partial charge in [0.1, 0.15) is 5.37 Å². The highest BCUT2D eigenvalue weighted by molar-refractivity contribution is 9.11. The molecule has 1 atom stereocenters. The highest BCUT2D eigenvalue weighted by Crippen LogP contribution is 2.42. The number of hydrogen-bond acceptors (Lipinski definition) is 4. The van der Waals surface area contributed by atoms with Crippen molar-refractivity contribution in [3.05, 3.63) is 20.8 Å². The van der Waals surface area contributed by atoms with Crippen molar-refractivity contribution < 1.29 is 9.53 Å². The van der Waals surface area contributed by atoms with E-state index in [-0.39, 0.29) is 11.3 Å². The Morgan fingerprint density at radius 3 is 3.06 bits per heavy atom. The normalized spacial score (nSPS) is 20.2. The van der Waals surface area contributed by atoms with Crippen molar-refractivity contribution in [1.29, 1.82) is 0 Å². The van der Waals surface area contributed by atoms with E-state index in [1.54, 1.807) is 30.2 Å². The van der Waals surface area contributed by atoms with Crippen LogP contribution in [0.5, 0.6) is 0 Å². The van der Waals surface area contributed by atoms with Gasteiger partial charge in [-0.05, 0) is 34.5 Å². The van der Waals surface area contributed by atoms with Gasteiger partial charge in [0.25, 0.3) is 0 Å². The van der Waals surface area contributed by atoms with E-state index >= 15 is 0 Å². The number of rotatable bonds is 5. The van der Waals surface area contributed by atoms with Gasteiger partial charge >= 0.3 is 0 Å². The molecule has 2 rings (SSSR count). The van der Waals surface area contributed by atoms with Crippen LogP contribution in [-0.4, -0.2) is 36.8 Å². The number of methoxy groups -OCH3 is 1. The third kappa shape index (κ3) is 3.24. The maximum atomic E-state index is 11.8. The molecule has 1 fully saturated rings. The summed E-state index contributed by atoms with van der Waals surface area (Å²) in [6, 6.07) is 4.13. The number of thioether (sulfide) groups is 1. The Kier molecular flexibility index (Phi) is 4.90. The Hall–Kier alpha value is -0.0400. The zero-order chi connectivity index (χ0) is 12.3. The fourth-order valence-electron chi connectivity index (χ4n) is 1.77. The first-order chi connectivity index (χ1) is 8.22. The van der Waals surface area contributed by atoms with Gasteiger partial charge < -0.3 is 9.64 Å². The van der Waals surface area contributed by atoms with Crippen LogP contribution in [0.15, 0.2) is 15.9 Å². The van der Waals surface area contributed by atoms with Gasteiger partial charge in [-0.25, -0.2) is 0 Å². The molecule has 1 unspecified atom stereocenters. The molecule has 1 aliphatic rings. The molecule has 2 heterocycles. The summed E-state index contributed by atoms with van der Waals surface area (Å²) in [5.41, 5.74) is 0. The predicted octanol–water partition coefficient (Wildman–Crippen LogP) is 3.12. The number of amides is 1. The van der Waals surface area contributed by atoms with Crippen LogP contribution in [0.3, 0.4) is 0 Å². The number of carbonyl (C=O) groups is 1. The lowest BCUT2D eigenvalue weighted by Gasteiger charge is -2.22. The third-order valence-electron chi connectivity index (χ3n) is 2.55. The van der Waals surface area contributed by atoms with Crippen molar-refractivity contribution >= 4 is 44.9 Å². The number of nitrogens with zero attached hydrogens (tertiary/aromatic N) is 1. The molecule has 1 aliphatic heterocycles. The Balaban J connectivity index is 2.03. The average Bonchev–Trinajstić information content (AvgIpc) is 2.87. The maximum absolute atomic E-state index is 11.8. The molecule has 3 nitrogen and oxygen atoms in total. The van der Waals surface area contributed by atoms with Crippen LogP contribution in [0.4, 0.5) is 0 Å². The van der Waals surface area contributed by atoms with Gasteiger partial charge in [0.05, 0.1) is 9.54 Å². The summed E-state index contributed by atoms with van der Waals surface area (Å²) in [6.07, 6.45) is 0.895. The van der Waals surface area contributed by atoms with E-state index in [4.69, 9.17) is 4.74 Å². The minimum absolute atomic E-state index is 0.190. The van der Waals surface area contributed by atoms with Crippen molar-refractivity contribution in [1.82, 2.24) is 4.90 Å². The molecule has 0 saturated carbocycles. The van der Waals surface area contributed by atoms with Gasteiger partial charge in [-0.15, -0.1) is 23.1 Å². The van der Waals surface area contributed by atoms with Crippen molar-refractivity contribution in [2.45, 2.75) is 11.8 Å². The smallest absolute Gasteiger partial charge is 0.233 e. The Morgan fingerprint density at radius 1 is 1.59 bits per heavy atom. The van der Waals surface area contributed by atoms with Crippen LogP contribution in [0.2, 0.25) is 0 Å². The molecular formula is C11H14BrNO2S2. The van der Waals surface area contributed by atoms with Crippen LogP contribution in [0.1, 0.15) is 16.7 Å². The number of hydrogen-bond donors (Lipinski definition) is 0. The highest BCUT2D eigenvalue weighted by atomic mass is 79.9. The van der Waals surface area contributed by atoms with Crippen LogP contribution in [-0.2, 0) is 9.53 Å². The summed E-state index contributed by atoms with van der Waals surface area (Å²) in [5.74, 6) is 0.827. The first-order valence-corrected chi connectivity index (χ1v) is 8.03. The summed E-state index contributed by atoms with van der Waals surface area (Å²) >= 11 is 6.87. The van der Waals surface area contributed by atoms with Gasteiger partial charge in [-0.2, -0.15) is 0 Å². The van der Waals surface area contributed by atoms with Crippen molar-refractivity contribution in [2.24, 2.45) is 0 Å². The quantitative estimate of drug-likeness (QED) is 0.774. The van der Waals surface area contributed by atoms with E-state index in [9.17, 15) is 4.79 Å². The van der Waals surface area contributed by atoms with E-state index in [0.29, 0.717) is 12.4 Å². The lowest BCUT2D eigenvalue weighted by molar-refractivity contribution is -0.128. The van der Waals surface area contributed by atoms with Crippen molar-refractivity contribution in [3.8, 4) is 0 Å². The largest absolute Gasteiger partial charge is 0.385 e. The zero-order valence-electron chi connectivity index (χ0n) is 9.52. The number of thiophene rings is 1. The second kappa shape index (κ2) is 6.22.